The van der Waals surface area contributed by atoms with Crippen LogP contribution in [0.4, 0.5) is 0 Å². The fraction of sp³-hybridized carbons (Fsp3) is 0.625. The van der Waals surface area contributed by atoms with Crippen molar-refractivity contribution in [1.82, 2.24) is 0 Å². The van der Waals surface area contributed by atoms with Crippen molar-refractivity contribution in [3.8, 4) is 0 Å². The molecule has 2 atom stereocenters. The maximum Gasteiger partial charge on any atom is 0.0568 e. The van der Waals surface area contributed by atoms with Crippen molar-refractivity contribution >= 4 is 11.8 Å². The van der Waals surface area contributed by atoms with Crippen LogP contribution < -0.4 is 5.73 Å². The maximum atomic E-state index is 9.61. The fourth-order valence-corrected chi connectivity index (χ4v) is 3.91. The third kappa shape index (κ3) is 3.53. The largest absolute Gasteiger partial charge is 0.395 e. The molecule has 1 aromatic rings. The van der Waals surface area contributed by atoms with Crippen molar-refractivity contribution in [2.45, 2.75) is 56.2 Å². The molecule has 0 bridgehead atoms. The summed E-state index contributed by atoms with van der Waals surface area (Å²) in [5, 5.41) is 9.67. The molecule has 3 N–H and O–H groups in total. The molecule has 106 valence electrons. The first-order valence-corrected chi connectivity index (χ1v) is 7.94. The van der Waals surface area contributed by atoms with Crippen LogP contribution in [0.25, 0.3) is 0 Å². The van der Waals surface area contributed by atoms with Gasteiger partial charge < -0.3 is 10.8 Å². The summed E-state index contributed by atoms with van der Waals surface area (Å²) in [6.07, 6.45) is 3.68. The summed E-state index contributed by atoms with van der Waals surface area (Å²) in [7, 11) is 0. The van der Waals surface area contributed by atoms with Crippen molar-refractivity contribution < 1.29 is 5.11 Å². The number of aliphatic hydroxyl groups is 1. The van der Waals surface area contributed by atoms with Crippen LogP contribution in [0.3, 0.4) is 0 Å². The first-order valence-electron chi connectivity index (χ1n) is 7.06. The van der Waals surface area contributed by atoms with Gasteiger partial charge in [-0.25, -0.2) is 0 Å². The van der Waals surface area contributed by atoms with Crippen molar-refractivity contribution in [1.29, 1.82) is 0 Å². The van der Waals surface area contributed by atoms with E-state index in [-0.39, 0.29) is 23.3 Å². The highest BCUT2D eigenvalue weighted by molar-refractivity contribution is 8.00. The van der Waals surface area contributed by atoms with E-state index in [1.165, 1.54) is 35.3 Å². The zero-order valence-electron chi connectivity index (χ0n) is 12.1. The van der Waals surface area contributed by atoms with Gasteiger partial charge in [0, 0.05) is 16.2 Å². The Morgan fingerprint density at radius 1 is 1.26 bits per heavy atom. The van der Waals surface area contributed by atoms with Gasteiger partial charge in [0.15, 0.2) is 0 Å². The van der Waals surface area contributed by atoms with Gasteiger partial charge in [0.25, 0.3) is 0 Å². The number of hydrogen-bond acceptors (Lipinski definition) is 3. The van der Waals surface area contributed by atoms with Gasteiger partial charge in [-0.15, -0.1) is 11.8 Å². The highest BCUT2D eigenvalue weighted by Crippen LogP contribution is 2.34. The van der Waals surface area contributed by atoms with Crippen LogP contribution in [0.5, 0.6) is 0 Å². The van der Waals surface area contributed by atoms with Gasteiger partial charge in [0.2, 0.25) is 0 Å². The van der Waals surface area contributed by atoms with Crippen molar-refractivity contribution in [2.24, 2.45) is 11.1 Å². The number of aryl methyl sites for hydroxylation is 2. The lowest BCUT2D eigenvalue weighted by molar-refractivity contribution is 0.233. The quantitative estimate of drug-likeness (QED) is 0.833. The molecule has 0 saturated carbocycles. The summed E-state index contributed by atoms with van der Waals surface area (Å²) in [6.45, 7) is 6.51. The van der Waals surface area contributed by atoms with Crippen molar-refractivity contribution in [2.75, 3.05) is 6.61 Å². The van der Waals surface area contributed by atoms with E-state index < -0.39 is 0 Å². The molecule has 0 heterocycles. The Hall–Kier alpha value is -0.510. The van der Waals surface area contributed by atoms with E-state index in [0.29, 0.717) is 0 Å². The van der Waals surface area contributed by atoms with E-state index in [4.69, 9.17) is 5.73 Å². The molecule has 2 rings (SSSR count). The predicted octanol–water partition coefficient (Wildman–Crippen LogP) is 3.00. The van der Waals surface area contributed by atoms with Gasteiger partial charge in [-0.1, -0.05) is 26.8 Å². The summed E-state index contributed by atoms with van der Waals surface area (Å²) in [6, 6.07) is 6.68. The van der Waals surface area contributed by atoms with Gasteiger partial charge in [0.1, 0.15) is 0 Å². The maximum absolute atomic E-state index is 9.61. The lowest BCUT2D eigenvalue weighted by Crippen LogP contribution is -2.45. The molecule has 0 radical (unpaired) electrons. The smallest absolute Gasteiger partial charge is 0.0568 e. The Labute approximate surface area is 120 Å². The van der Waals surface area contributed by atoms with E-state index >= 15 is 0 Å². The third-order valence-electron chi connectivity index (χ3n) is 3.94. The van der Waals surface area contributed by atoms with Crippen LogP contribution in [0, 0.1) is 5.41 Å². The first kappa shape index (κ1) is 14.9. The summed E-state index contributed by atoms with van der Waals surface area (Å²) in [5.74, 6) is 0. The predicted molar refractivity (Wildman–Crippen MR) is 82.6 cm³/mol. The molecular weight excluding hydrogens is 254 g/mol. The lowest BCUT2D eigenvalue weighted by atomic mass is 9.85. The monoisotopic (exact) mass is 279 g/mol. The van der Waals surface area contributed by atoms with Crippen LogP contribution in [0.15, 0.2) is 23.1 Å². The molecule has 2 unspecified atom stereocenters. The fourth-order valence-electron chi connectivity index (χ4n) is 2.58. The number of hydrogen-bond donors (Lipinski definition) is 2. The van der Waals surface area contributed by atoms with Gasteiger partial charge in [-0.05, 0) is 47.9 Å². The average molecular weight is 279 g/mol. The molecule has 3 heteroatoms. The zero-order chi connectivity index (χ0) is 14.0. The van der Waals surface area contributed by atoms with Crippen LogP contribution in [-0.2, 0) is 12.8 Å². The highest BCUT2D eigenvalue weighted by Gasteiger charge is 2.29. The van der Waals surface area contributed by atoms with E-state index in [2.05, 4.69) is 39.0 Å². The van der Waals surface area contributed by atoms with Crippen LogP contribution in [0.2, 0.25) is 0 Å². The standard InChI is InChI=1S/C16H25NOS/c1-16(2,3)15(17)14(10-18)19-13-8-7-11-5-4-6-12(11)9-13/h7-9,14-15,18H,4-6,10,17H2,1-3H3. The number of nitrogens with two attached hydrogens (primary N) is 1. The zero-order valence-corrected chi connectivity index (χ0v) is 13.0. The molecule has 0 aliphatic heterocycles. The Balaban J connectivity index is 2.10. The highest BCUT2D eigenvalue weighted by atomic mass is 32.2. The molecule has 0 fully saturated rings. The van der Waals surface area contributed by atoms with E-state index in [0.717, 1.165) is 0 Å². The van der Waals surface area contributed by atoms with Gasteiger partial charge >= 0.3 is 0 Å². The summed E-state index contributed by atoms with van der Waals surface area (Å²) < 4.78 is 0. The van der Waals surface area contributed by atoms with Gasteiger partial charge in [0.05, 0.1) is 6.61 Å². The van der Waals surface area contributed by atoms with Crippen molar-refractivity contribution in [3.05, 3.63) is 29.3 Å². The Bertz CT molecular complexity index is 439. The molecule has 1 aromatic carbocycles. The number of aliphatic hydroxyl groups excluding tert-OH is 1. The second kappa shape index (κ2) is 5.86. The second-order valence-electron chi connectivity index (χ2n) is 6.51. The van der Waals surface area contributed by atoms with E-state index in [1.54, 1.807) is 11.8 Å². The topological polar surface area (TPSA) is 46.2 Å². The number of fused-ring (bicyclic) bond motifs is 1. The minimum absolute atomic E-state index is 0.0110. The second-order valence-corrected chi connectivity index (χ2v) is 7.83. The van der Waals surface area contributed by atoms with Crippen molar-refractivity contribution in [3.63, 3.8) is 0 Å². The van der Waals surface area contributed by atoms with Crippen LogP contribution in [0.1, 0.15) is 38.3 Å². The van der Waals surface area contributed by atoms with E-state index in [9.17, 15) is 5.11 Å². The average Bonchev–Trinajstić information content (AvgIpc) is 2.81. The summed E-state index contributed by atoms with van der Waals surface area (Å²) in [4.78, 5) is 1.24. The Kier molecular flexibility index (Phi) is 4.59. The minimum atomic E-state index is -0.0178. The molecule has 0 amide bonds. The Morgan fingerprint density at radius 2 is 1.95 bits per heavy atom. The van der Waals surface area contributed by atoms with Gasteiger partial charge in [-0.2, -0.15) is 0 Å². The number of thioether (sulfide) groups is 1. The summed E-state index contributed by atoms with van der Waals surface area (Å²) >= 11 is 1.71. The molecule has 1 aliphatic carbocycles. The first-order chi connectivity index (χ1) is 8.91. The number of benzene rings is 1. The lowest BCUT2D eigenvalue weighted by Gasteiger charge is -2.32. The molecule has 0 spiro atoms. The van der Waals surface area contributed by atoms with Crippen LogP contribution in [-0.4, -0.2) is 23.0 Å². The SMILES string of the molecule is CC(C)(C)C(N)C(CO)Sc1ccc2c(c1)CCC2. The normalized spacial score (nSPS) is 18.2. The number of rotatable bonds is 4. The molecular formula is C16H25NOS. The molecule has 0 aromatic heterocycles. The van der Waals surface area contributed by atoms with Gasteiger partial charge in [-0.3, -0.25) is 0 Å². The minimum Gasteiger partial charge on any atom is -0.395 e. The van der Waals surface area contributed by atoms with Crippen LogP contribution >= 0.6 is 11.8 Å². The van der Waals surface area contributed by atoms with E-state index in [1.807, 2.05) is 0 Å². The Morgan fingerprint density at radius 3 is 2.58 bits per heavy atom. The molecule has 19 heavy (non-hydrogen) atoms. The molecule has 0 saturated heterocycles. The molecule has 2 nitrogen and oxygen atoms in total. The summed E-state index contributed by atoms with van der Waals surface area (Å²) in [5.41, 5.74) is 9.26. The molecule has 1 aliphatic rings. The third-order valence-corrected chi connectivity index (χ3v) is 5.21.